The summed E-state index contributed by atoms with van der Waals surface area (Å²) in [5.41, 5.74) is 0.539. The van der Waals surface area contributed by atoms with E-state index in [0.717, 1.165) is 11.0 Å². The Labute approximate surface area is 143 Å². The lowest BCUT2D eigenvalue weighted by Crippen LogP contribution is -2.28. The molecule has 0 aliphatic rings. The molecule has 2 N–H and O–H groups in total. The van der Waals surface area contributed by atoms with Crippen molar-refractivity contribution in [1.82, 2.24) is 5.32 Å². The molecule has 118 valence electrons. The third-order valence-electron chi connectivity index (χ3n) is 3.60. The van der Waals surface area contributed by atoms with Gasteiger partial charge in [0.15, 0.2) is 0 Å². The minimum atomic E-state index is -0.747. The lowest BCUT2D eigenvalue weighted by atomic mass is 9.90. The zero-order valence-corrected chi connectivity index (χ0v) is 15.1. The molecule has 2 aromatic rings. The normalized spacial score (nSPS) is 11.6. The Balaban J connectivity index is 1.85. The van der Waals surface area contributed by atoms with Crippen molar-refractivity contribution in [1.29, 1.82) is 0 Å². The van der Waals surface area contributed by atoms with Gasteiger partial charge in [-0.15, -0.1) is 11.3 Å². The van der Waals surface area contributed by atoms with E-state index in [0.29, 0.717) is 13.0 Å². The number of benzene rings is 1. The van der Waals surface area contributed by atoms with Crippen molar-refractivity contribution in [3.8, 4) is 10.4 Å². The van der Waals surface area contributed by atoms with Crippen molar-refractivity contribution in [3.05, 3.63) is 45.7 Å². The van der Waals surface area contributed by atoms with Crippen LogP contribution in [0.5, 0.6) is 0 Å². The van der Waals surface area contributed by atoms with E-state index in [9.17, 15) is 4.79 Å². The standard InChI is InChI=1S/C17H20BrNO2S/c1-17(2,16(20)21)9-10-19-11-14-7-8-15(22-14)12-3-5-13(18)6-4-12/h3-8,19H,9-11H2,1-2H3,(H,20,21). The number of carboxylic acid groups (broad SMARTS) is 1. The summed E-state index contributed by atoms with van der Waals surface area (Å²) in [6.07, 6.45) is 0.618. The Kier molecular flexibility index (Phi) is 5.78. The van der Waals surface area contributed by atoms with Crippen LogP contribution in [0.4, 0.5) is 0 Å². The van der Waals surface area contributed by atoms with E-state index in [4.69, 9.17) is 5.11 Å². The molecule has 0 saturated carbocycles. The second-order valence-electron chi connectivity index (χ2n) is 5.89. The molecule has 0 saturated heterocycles. The molecule has 0 fully saturated rings. The minimum Gasteiger partial charge on any atom is -0.481 e. The van der Waals surface area contributed by atoms with Crippen LogP contribution in [0.15, 0.2) is 40.9 Å². The van der Waals surface area contributed by atoms with Crippen molar-refractivity contribution >= 4 is 33.2 Å². The Morgan fingerprint density at radius 3 is 2.55 bits per heavy atom. The van der Waals surface area contributed by atoms with Gasteiger partial charge in [-0.2, -0.15) is 0 Å². The summed E-state index contributed by atoms with van der Waals surface area (Å²) < 4.78 is 1.08. The summed E-state index contributed by atoms with van der Waals surface area (Å²) in [5.74, 6) is -0.747. The molecule has 1 aromatic carbocycles. The third-order valence-corrected chi connectivity index (χ3v) is 5.26. The summed E-state index contributed by atoms with van der Waals surface area (Å²) in [6.45, 7) is 4.99. The van der Waals surface area contributed by atoms with Gasteiger partial charge in [0.25, 0.3) is 0 Å². The molecule has 1 heterocycles. The Hall–Kier alpha value is -1.17. The van der Waals surface area contributed by atoms with E-state index < -0.39 is 11.4 Å². The highest BCUT2D eigenvalue weighted by atomic mass is 79.9. The minimum absolute atomic E-state index is 0.618. The summed E-state index contributed by atoms with van der Waals surface area (Å²) in [4.78, 5) is 13.5. The van der Waals surface area contributed by atoms with Crippen molar-refractivity contribution < 1.29 is 9.90 Å². The van der Waals surface area contributed by atoms with Gasteiger partial charge in [0, 0.05) is 20.8 Å². The fourth-order valence-corrected chi connectivity index (χ4v) is 3.21. The van der Waals surface area contributed by atoms with Crippen molar-refractivity contribution in [2.75, 3.05) is 6.54 Å². The Morgan fingerprint density at radius 2 is 1.91 bits per heavy atom. The van der Waals surface area contributed by atoms with Gasteiger partial charge in [0.05, 0.1) is 5.41 Å². The van der Waals surface area contributed by atoms with Crippen molar-refractivity contribution in [2.24, 2.45) is 5.41 Å². The molecule has 5 heteroatoms. The van der Waals surface area contributed by atoms with Crippen LogP contribution in [0.3, 0.4) is 0 Å². The fraction of sp³-hybridized carbons (Fsp3) is 0.353. The van der Waals surface area contributed by atoms with Crippen LogP contribution >= 0.6 is 27.3 Å². The third kappa shape index (κ3) is 4.66. The van der Waals surface area contributed by atoms with Crippen LogP contribution in [0.25, 0.3) is 10.4 Å². The van der Waals surface area contributed by atoms with Crippen LogP contribution in [0, 0.1) is 5.41 Å². The molecule has 0 spiro atoms. The average Bonchev–Trinajstić information content (AvgIpc) is 2.93. The molecular formula is C17H20BrNO2S. The molecule has 0 bridgehead atoms. The highest BCUT2D eigenvalue weighted by molar-refractivity contribution is 9.10. The Morgan fingerprint density at radius 1 is 1.23 bits per heavy atom. The highest BCUT2D eigenvalue weighted by Crippen LogP contribution is 2.29. The molecule has 3 nitrogen and oxygen atoms in total. The first-order valence-corrected chi connectivity index (χ1v) is 8.78. The number of aliphatic carboxylic acids is 1. The molecule has 1 aromatic heterocycles. The van der Waals surface area contributed by atoms with Gasteiger partial charge in [-0.1, -0.05) is 28.1 Å². The number of carboxylic acids is 1. The van der Waals surface area contributed by atoms with Crippen LogP contribution in [-0.2, 0) is 11.3 Å². The fourth-order valence-electron chi connectivity index (χ4n) is 1.96. The number of halogens is 1. The summed E-state index contributed by atoms with van der Waals surface area (Å²) in [6, 6.07) is 12.5. The van der Waals surface area contributed by atoms with E-state index in [1.165, 1.54) is 15.3 Å². The van der Waals surface area contributed by atoms with Crippen molar-refractivity contribution in [2.45, 2.75) is 26.8 Å². The summed E-state index contributed by atoms with van der Waals surface area (Å²) in [7, 11) is 0. The highest BCUT2D eigenvalue weighted by Gasteiger charge is 2.26. The van der Waals surface area contributed by atoms with Gasteiger partial charge >= 0.3 is 5.97 Å². The molecule has 0 aliphatic heterocycles. The van der Waals surface area contributed by atoms with Crippen LogP contribution in [-0.4, -0.2) is 17.6 Å². The maximum atomic E-state index is 11.0. The molecule has 22 heavy (non-hydrogen) atoms. The van der Waals surface area contributed by atoms with Crippen LogP contribution < -0.4 is 5.32 Å². The first-order valence-electron chi connectivity index (χ1n) is 7.17. The van der Waals surface area contributed by atoms with E-state index in [1.54, 1.807) is 25.2 Å². The maximum Gasteiger partial charge on any atom is 0.309 e. The zero-order chi connectivity index (χ0) is 16.2. The predicted octanol–water partition coefficient (Wildman–Crippen LogP) is 4.77. The second-order valence-corrected chi connectivity index (χ2v) is 7.97. The maximum absolute atomic E-state index is 11.0. The first-order chi connectivity index (χ1) is 10.4. The smallest absolute Gasteiger partial charge is 0.309 e. The van der Waals surface area contributed by atoms with E-state index >= 15 is 0 Å². The predicted molar refractivity (Wildman–Crippen MR) is 95.2 cm³/mol. The number of rotatable bonds is 7. The van der Waals surface area contributed by atoms with E-state index in [2.05, 4.69) is 45.5 Å². The first kappa shape index (κ1) is 17.2. The van der Waals surface area contributed by atoms with Gasteiger partial charge in [-0.25, -0.2) is 0 Å². The van der Waals surface area contributed by atoms with Crippen LogP contribution in [0.2, 0.25) is 0 Å². The number of nitrogens with one attached hydrogen (secondary N) is 1. The molecule has 0 atom stereocenters. The monoisotopic (exact) mass is 381 g/mol. The number of hydrogen-bond donors (Lipinski definition) is 2. The number of thiophene rings is 1. The average molecular weight is 382 g/mol. The Bertz CT molecular complexity index is 634. The van der Waals surface area contributed by atoms with E-state index in [1.807, 2.05) is 12.1 Å². The van der Waals surface area contributed by atoms with Gasteiger partial charge < -0.3 is 10.4 Å². The zero-order valence-electron chi connectivity index (χ0n) is 12.7. The molecule has 0 aliphatic carbocycles. The molecule has 0 unspecified atom stereocenters. The SMILES string of the molecule is CC(C)(CCNCc1ccc(-c2ccc(Br)cc2)s1)C(=O)O. The summed E-state index contributed by atoms with van der Waals surface area (Å²) in [5, 5.41) is 12.4. The number of carbonyl (C=O) groups is 1. The molecule has 0 amide bonds. The lowest BCUT2D eigenvalue weighted by molar-refractivity contribution is -0.147. The van der Waals surface area contributed by atoms with Gasteiger partial charge in [0.2, 0.25) is 0 Å². The van der Waals surface area contributed by atoms with Crippen molar-refractivity contribution in [3.63, 3.8) is 0 Å². The molecule has 2 rings (SSSR count). The van der Waals surface area contributed by atoms with E-state index in [-0.39, 0.29) is 0 Å². The number of hydrogen-bond acceptors (Lipinski definition) is 3. The molecule has 0 radical (unpaired) electrons. The second kappa shape index (κ2) is 7.40. The van der Waals surface area contributed by atoms with Gasteiger partial charge in [-0.3, -0.25) is 4.79 Å². The van der Waals surface area contributed by atoms with Gasteiger partial charge in [0.1, 0.15) is 0 Å². The lowest BCUT2D eigenvalue weighted by Gasteiger charge is -2.18. The van der Waals surface area contributed by atoms with Crippen LogP contribution in [0.1, 0.15) is 25.1 Å². The topological polar surface area (TPSA) is 49.3 Å². The summed E-state index contributed by atoms with van der Waals surface area (Å²) >= 11 is 5.20. The largest absolute Gasteiger partial charge is 0.481 e. The quantitative estimate of drug-likeness (QED) is 0.679. The van der Waals surface area contributed by atoms with Gasteiger partial charge in [-0.05, 0) is 56.6 Å². The molecular weight excluding hydrogens is 362 g/mol.